The maximum atomic E-state index is 13.5. The third-order valence-corrected chi connectivity index (χ3v) is 7.63. The van der Waals surface area contributed by atoms with Crippen molar-refractivity contribution in [3.8, 4) is 0 Å². The first kappa shape index (κ1) is 26.8. The van der Waals surface area contributed by atoms with Crippen molar-refractivity contribution >= 4 is 17.6 Å². The fourth-order valence-electron chi connectivity index (χ4n) is 5.82. The highest BCUT2D eigenvalue weighted by Gasteiger charge is 2.53. The highest BCUT2D eigenvalue weighted by Crippen LogP contribution is 2.31. The lowest BCUT2D eigenvalue weighted by Crippen LogP contribution is -2.53. The average Bonchev–Trinajstić information content (AvgIpc) is 3.38. The Balaban J connectivity index is 1.43. The molecule has 2 amide bonds. The number of nitrogens with one attached hydrogen (secondary N) is 1. The van der Waals surface area contributed by atoms with Gasteiger partial charge in [0.25, 0.3) is 5.91 Å². The quantitative estimate of drug-likeness (QED) is 0.598. The van der Waals surface area contributed by atoms with Crippen LogP contribution in [0.4, 0.5) is 0 Å². The normalized spacial score (nSPS) is 26.2. The van der Waals surface area contributed by atoms with Gasteiger partial charge >= 0.3 is 0 Å². The van der Waals surface area contributed by atoms with Gasteiger partial charge in [-0.1, -0.05) is 39.8 Å². The van der Waals surface area contributed by atoms with E-state index < -0.39 is 24.3 Å². The fraction of sp³-hybridized carbons (Fsp3) is 0.679. The number of hydrogen-bond acceptors (Lipinski definition) is 6. The molecule has 3 aliphatic rings. The summed E-state index contributed by atoms with van der Waals surface area (Å²) in [5.41, 5.74) is 1.52. The first-order valence-electron chi connectivity index (χ1n) is 13.3. The Morgan fingerprint density at radius 3 is 2.44 bits per heavy atom. The van der Waals surface area contributed by atoms with Crippen LogP contribution in [0.5, 0.6) is 0 Å². The van der Waals surface area contributed by atoms with Crippen molar-refractivity contribution in [1.29, 1.82) is 0 Å². The molecule has 3 aliphatic heterocycles. The number of carbonyl (C=O) groups excluding carboxylic acids is 3. The largest absolute Gasteiger partial charge is 0.388 e. The van der Waals surface area contributed by atoms with Gasteiger partial charge in [-0.05, 0) is 74.3 Å². The molecular formula is C28H41N3O5. The summed E-state index contributed by atoms with van der Waals surface area (Å²) in [5, 5.41) is 13.2. The number of β-amino-alcohol motifs (C(OH)–C–C–N with tert-alkyl or cyclic N) is 1. The molecule has 8 heteroatoms. The lowest BCUT2D eigenvalue weighted by molar-refractivity contribution is -0.138. The first-order valence-corrected chi connectivity index (χ1v) is 13.3. The molecule has 1 aromatic rings. The van der Waals surface area contributed by atoms with Crippen molar-refractivity contribution in [2.24, 2.45) is 5.41 Å². The van der Waals surface area contributed by atoms with Crippen LogP contribution in [-0.2, 0) is 14.3 Å². The molecule has 36 heavy (non-hydrogen) atoms. The minimum Gasteiger partial charge on any atom is -0.388 e. The van der Waals surface area contributed by atoms with Crippen LogP contribution in [-0.4, -0.2) is 89.6 Å². The summed E-state index contributed by atoms with van der Waals surface area (Å²) in [7, 11) is 0. The van der Waals surface area contributed by atoms with E-state index in [4.69, 9.17) is 4.74 Å². The number of piperidine rings is 1. The summed E-state index contributed by atoms with van der Waals surface area (Å²) >= 11 is 0. The summed E-state index contributed by atoms with van der Waals surface area (Å²) < 4.78 is 5.41. The summed E-state index contributed by atoms with van der Waals surface area (Å²) in [6.45, 7) is 11.5. The van der Waals surface area contributed by atoms with Crippen LogP contribution in [0.3, 0.4) is 0 Å². The highest BCUT2D eigenvalue weighted by atomic mass is 16.5. The van der Waals surface area contributed by atoms with Gasteiger partial charge in [0.05, 0.1) is 6.54 Å². The number of benzene rings is 1. The zero-order valence-electron chi connectivity index (χ0n) is 22.0. The predicted octanol–water partition coefficient (Wildman–Crippen LogP) is 2.35. The van der Waals surface area contributed by atoms with Crippen LogP contribution in [0.2, 0.25) is 0 Å². The molecule has 1 aromatic carbocycles. The Morgan fingerprint density at radius 2 is 1.83 bits per heavy atom. The van der Waals surface area contributed by atoms with Gasteiger partial charge in [-0.3, -0.25) is 14.4 Å². The Bertz CT molecular complexity index is 949. The van der Waals surface area contributed by atoms with E-state index in [1.165, 1.54) is 16.9 Å². The van der Waals surface area contributed by atoms with Gasteiger partial charge in [-0.25, -0.2) is 0 Å². The average molecular weight is 500 g/mol. The zero-order chi connectivity index (χ0) is 26.0. The maximum absolute atomic E-state index is 13.5. The van der Waals surface area contributed by atoms with Crippen molar-refractivity contribution in [3.63, 3.8) is 0 Å². The number of hydrogen-bond donors (Lipinski definition) is 2. The Morgan fingerprint density at radius 1 is 1.17 bits per heavy atom. The monoisotopic (exact) mass is 499 g/mol. The van der Waals surface area contributed by atoms with Gasteiger partial charge in [0.15, 0.2) is 5.78 Å². The molecule has 0 saturated carbocycles. The number of ether oxygens (including phenoxy) is 1. The number of aliphatic hydroxyl groups excluding tert-OH is 1. The van der Waals surface area contributed by atoms with Crippen molar-refractivity contribution in [3.05, 3.63) is 35.4 Å². The van der Waals surface area contributed by atoms with E-state index in [1.807, 2.05) is 45.0 Å². The van der Waals surface area contributed by atoms with Gasteiger partial charge < -0.3 is 25.0 Å². The number of likely N-dealkylation sites (tertiary alicyclic amines) is 2. The number of fused-ring (bicyclic) bond motifs is 1. The topological polar surface area (TPSA) is 99.2 Å². The summed E-state index contributed by atoms with van der Waals surface area (Å²) in [4.78, 5) is 43.0. The van der Waals surface area contributed by atoms with E-state index in [9.17, 15) is 19.5 Å². The smallest absolute Gasteiger partial charge is 0.251 e. The van der Waals surface area contributed by atoms with Crippen molar-refractivity contribution in [2.75, 3.05) is 32.8 Å². The SMILES string of the molecule is CCCN1CCC(c2ccc(C(=O)NC(CC(C)(C)C)C(=O)N3C[C@@H](O)[C@H]4OCC(=O)[C@H]43)cc2)CC1. The molecule has 0 radical (unpaired) electrons. The van der Waals surface area contributed by atoms with Gasteiger partial charge in [0.1, 0.15) is 30.9 Å². The Kier molecular flexibility index (Phi) is 8.17. The van der Waals surface area contributed by atoms with Crippen molar-refractivity contribution < 1.29 is 24.2 Å². The number of Topliss-reactive ketones (excluding diaryl/α,β-unsaturated/α-hetero) is 1. The highest BCUT2D eigenvalue weighted by molar-refractivity contribution is 5.99. The van der Waals surface area contributed by atoms with Gasteiger partial charge in [0, 0.05) is 5.56 Å². The molecule has 198 valence electrons. The second kappa shape index (κ2) is 11.0. The molecule has 3 heterocycles. The number of amides is 2. The minimum atomic E-state index is -0.905. The van der Waals surface area contributed by atoms with Crippen molar-refractivity contribution in [2.45, 2.75) is 83.6 Å². The van der Waals surface area contributed by atoms with Crippen LogP contribution in [0.1, 0.15) is 75.2 Å². The van der Waals surface area contributed by atoms with Crippen LogP contribution in [0, 0.1) is 5.41 Å². The zero-order valence-corrected chi connectivity index (χ0v) is 22.0. The second-order valence-corrected chi connectivity index (χ2v) is 11.8. The Hall–Kier alpha value is -2.29. The van der Waals surface area contributed by atoms with E-state index in [2.05, 4.69) is 17.1 Å². The van der Waals surface area contributed by atoms with E-state index in [0.29, 0.717) is 17.9 Å². The number of nitrogens with zero attached hydrogens (tertiary/aromatic N) is 2. The Labute approximate surface area is 214 Å². The summed E-state index contributed by atoms with van der Waals surface area (Å²) in [5.74, 6) is -0.362. The first-order chi connectivity index (χ1) is 17.1. The lowest BCUT2D eigenvalue weighted by atomic mass is 9.87. The molecule has 8 nitrogen and oxygen atoms in total. The number of ketones is 1. The molecular weight excluding hydrogens is 458 g/mol. The van der Waals surface area contributed by atoms with E-state index in [-0.39, 0.29) is 36.2 Å². The van der Waals surface area contributed by atoms with Crippen LogP contribution in [0.25, 0.3) is 0 Å². The molecule has 0 aliphatic carbocycles. The molecule has 3 fully saturated rings. The maximum Gasteiger partial charge on any atom is 0.251 e. The molecule has 0 aromatic heterocycles. The van der Waals surface area contributed by atoms with Crippen LogP contribution < -0.4 is 5.32 Å². The molecule has 2 N–H and O–H groups in total. The van der Waals surface area contributed by atoms with E-state index in [1.54, 1.807) is 0 Å². The summed E-state index contributed by atoms with van der Waals surface area (Å²) in [6, 6.07) is 6.16. The third-order valence-electron chi connectivity index (χ3n) is 7.63. The third kappa shape index (κ3) is 5.98. The fourth-order valence-corrected chi connectivity index (χ4v) is 5.82. The van der Waals surface area contributed by atoms with Gasteiger partial charge in [-0.2, -0.15) is 0 Å². The molecule has 3 saturated heterocycles. The second-order valence-electron chi connectivity index (χ2n) is 11.8. The number of rotatable bonds is 7. The lowest BCUT2D eigenvalue weighted by Gasteiger charge is -2.32. The summed E-state index contributed by atoms with van der Waals surface area (Å²) in [6.07, 6.45) is 2.24. The molecule has 4 atom stereocenters. The standard InChI is InChI=1S/C28H41N3O5/c1-5-12-30-13-10-19(11-14-30)18-6-8-20(9-7-18)26(34)29-21(15-28(2,3)4)27(35)31-16-22(32)25-24(31)23(33)17-36-25/h6-9,19,21-22,24-25,32H,5,10-17H2,1-4H3,(H,29,34)/t21?,22-,24-,25-/m1/s1. The van der Waals surface area contributed by atoms with Crippen molar-refractivity contribution in [1.82, 2.24) is 15.1 Å². The number of aliphatic hydroxyl groups is 1. The number of carbonyl (C=O) groups is 3. The predicted molar refractivity (Wildman–Crippen MR) is 137 cm³/mol. The van der Waals surface area contributed by atoms with E-state index in [0.717, 1.165) is 32.5 Å². The molecule has 4 rings (SSSR count). The van der Waals surface area contributed by atoms with Crippen LogP contribution in [0.15, 0.2) is 24.3 Å². The van der Waals surface area contributed by atoms with Gasteiger partial charge in [-0.15, -0.1) is 0 Å². The molecule has 1 unspecified atom stereocenters. The van der Waals surface area contributed by atoms with Gasteiger partial charge in [0.2, 0.25) is 5.91 Å². The molecule has 0 spiro atoms. The molecule has 0 bridgehead atoms. The van der Waals surface area contributed by atoms with Crippen LogP contribution >= 0.6 is 0 Å². The minimum absolute atomic E-state index is 0.0300. The van der Waals surface area contributed by atoms with E-state index >= 15 is 0 Å².